The average molecular weight is 411 g/mol. The number of aliphatic hydroxyl groups is 2. The van der Waals surface area contributed by atoms with E-state index in [0.717, 1.165) is 22.3 Å². The van der Waals surface area contributed by atoms with Crippen LogP contribution in [-0.4, -0.2) is 29.0 Å². The molecular weight excluding hydrogens is 379 g/mol. The molecule has 0 aromatic heterocycles. The average Bonchev–Trinajstić information content (AvgIpc) is 3.05. The Morgan fingerprint density at radius 3 is 2.30 bits per heavy atom. The zero-order valence-corrected chi connectivity index (χ0v) is 17.9. The standard InChI is InChI=1S/C24H25FO3.C2H6/c1-15(19-9-16-5-3-2-4-6-17(16)10-19)22-11-18(7-8-23(22)25)24-13-20(27)12-21(14-26)28-24;1-2/h2-11,15,20-21,24,26-27H,12-14H2,1H3;1-2H3. The maximum absolute atomic E-state index is 14.7. The molecule has 3 nitrogen and oxygen atoms in total. The van der Waals surface area contributed by atoms with Gasteiger partial charge in [-0.15, -0.1) is 0 Å². The first-order valence-corrected chi connectivity index (χ1v) is 10.8. The summed E-state index contributed by atoms with van der Waals surface area (Å²) in [6.07, 6.45) is -0.379. The largest absolute Gasteiger partial charge is 0.394 e. The molecule has 1 aliphatic heterocycles. The second-order valence-electron chi connectivity index (χ2n) is 7.67. The van der Waals surface area contributed by atoms with Gasteiger partial charge in [-0.2, -0.15) is 0 Å². The quantitative estimate of drug-likeness (QED) is 0.582. The highest BCUT2D eigenvalue weighted by Gasteiger charge is 2.30. The predicted octanol–water partition coefficient (Wildman–Crippen LogP) is 5.68. The summed E-state index contributed by atoms with van der Waals surface area (Å²) in [5, 5.41) is 19.5. The number of benzene rings is 1. The summed E-state index contributed by atoms with van der Waals surface area (Å²) in [5.41, 5.74) is 4.78. The number of fused-ring (bicyclic) bond motifs is 1. The van der Waals surface area contributed by atoms with Gasteiger partial charge < -0.3 is 14.9 Å². The molecule has 0 bridgehead atoms. The second-order valence-corrected chi connectivity index (χ2v) is 7.67. The van der Waals surface area contributed by atoms with Gasteiger partial charge in [-0.3, -0.25) is 0 Å². The third kappa shape index (κ3) is 4.89. The number of rotatable bonds is 4. The molecule has 4 heteroatoms. The van der Waals surface area contributed by atoms with Crippen LogP contribution in [0.2, 0.25) is 0 Å². The molecule has 0 amide bonds. The molecule has 0 saturated carbocycles. The highest BCUT2D eigenvalue weighted by atomic mass is 19.1. The molecule has 30 heavy (non-hydrogen) atoms. The van der Waals surface area contributed by atoms with Crippen LogP contribution in [0.15, 0.2) is 60.7 Å². The van der Waals surface area contributed by atoms with Gasteiger partial charge >= 0.3 is 0 Å². The lowest BCUT2D eigenvalue weighted by atomic mass is 9.90. The van der Waals surface area contributed by atoms with E-state index < -0.39 is 6.10 Å². The van der Waals surface area contributed by atoms with E-state index in [9.17, 15) is 14.6 Å². The van der Waals surface area contributed by atoms with Gasteiger partial charge in [0.05, 0.1) is 24.9 Å². The molecule has 4 unspecified atom stereocenters. The molecule has 3 aliphatic rings. The van der Waals surface area contributed by atoms with Crippen molar-refractivity contribution >= 4 is 0 Å². The Labute approximate surface area is 178 Å². The van der Waals surface area contributed by atoms with Crippen LogP contribution in [-0.2, 0) is 4.74 Å². The SMILES string of the molecule is CC.CC(c1cc2cccccc-2c1)c1cc(C2CC(O)CC(CO)O2)ccc1F. The molecule has 4 atom stereocenters. The van der Waals surface area contributed by atoms with E-state index in [1.54, 1.807) is 6.07 Å². The van der Waals surface area contributed by atoms with Crippen molar-refractivity contribution in [2.75, 3.05) is 6.61 Å². The number of hydrogen-bond acceptors (Lipinski definition) is 3. The fourth-order valence-corrected chi connectivity index (χ4v) is 4.09. The zero-order valence-electron chi connectivity index (χ0n) is 17.9. The van der Waals surface area contributed by atoms with Crippen LogP contribution in [0.4, 0.5) is 4.39 Å². The van der Waals surface area contributed by atoms with E-state index in [0.29, 0.717) is 18.4 Å². The minimum absolute atomic E-state index is 0.111. The molecule has 2 aliphatic carbocycles. The van der Waals surface area contributed by atoms with E-state index in [4.69, 9.17) is 4.74 Å². The Balaban J connectivity index is 0.00000124. The van der Waals surface area contributed by atoms with Gasteiger partial charge in [0.25, 0.3) is 0 Å². The van der Waals surface area contributed by atoms with E-state index in [1.165, 1.54) is 6.07 Å². The highest BCUT2D eigenvalue weighted by molar-refractivity contribution is 5.69. The maximum Gasteiger partial charge on any atom is 0.127 e. The minimum atomic E-state index is -0.525. The summed E-state index contributed by atoms with van der Waals surface area (Å²) in [4.78, 5) is 0. The fraction of sp³-hybridized carbons (Fsp3) is 0.385. The second kappa shape index (κ2) is 10.2. The summed E-state index contributed by atoms with van der Waals surface area (Å²) >= 11 is 0. The van der Waals surface area contributed by atoms with Gasteiger partial charge in [-0.1, -0.05) is 69.3 Å². The van der Waals surface area contributed by atoms with Crippen molar-refractivity contribution in [2.45, 2.75) is 57.8 Å². The summed E-state index contributed by atoms with van der Waals surface area (Å²) in [6, 6.07) is 19.4. The van der Waals surface area contributed by atoms with Crippen LogP contribution < -0.4 is 0 Å². The zero-order chi connectivity index (χ0) is 21.7. The highest BCUT2D eigenvalue weighted by Crippen LogP contribution is 2.37. The van der Waals surface area contributed by atoms with Gasteiger partial charge in [-0.25, -0.2) is 4.39 Å². The van der Waals surface area contributed by atoms with Gasteiger partial charge in [0.1, 0.15) is 5.82 Å². The third-order valence-electron chi connectivity index (χ3n) is 5.69. The Bertz CT molecular complexity index is 895. The van der Waals surface area contributed by atoms with Gasteiger partial charge in [-0.05, 0) is 39.9 Å². The Morgan fingerprint density at radius 2 is 1.67 bits per heavy atom. The normalized spacial score (nSPS) is 22.3. The molecule has 0 spiro atoms. The van der Waals surface area contributed by atoms with Crippen LogP contribution in [0.3, 0.4) is 0 Å². The van der Waals surface area contributed by atoms with Crippen molar-refractivity contribution in [3.8, 4) is 11.1 Å². The lowest BCUT2D eigenvalue weighted by molar-refractivity contribution is -0.113. The van der Waals surface area contributed by atoms with Crippen molar-refractivity contribution in [3.05, 3.63) is 83.2 Å². The summed E-state index contributed by atoms with van der Waals surface area (Å²) in [5.74, 6) is -0.359. The Morgan fingerprint density at radius 1 is 1.00 bits per heavy atom. The van der Waals surface area contributed by atoms with Crippen LogP contribution in [0.1, 0.15) is 62.3 Å². The van der Waals surface area contributed by atoms with Gasteiger partial charge in [0, 0.05) is 18.8 Å². The van der Waals surface area contributed by atoms with Crippen LogP contribution in [0.5, 0.6) is 0 Å². The number of aliphatic hydroxyl groups excluding tert-OH is 2. The lowest BCUT2D eigenvalue weighted by Gasteiger charge is -2.33. The molecule has 4 rings (SSSR count). The Hall–Kier alpha value is -2.27. The predicted molar refractivity (Wildman–Crippen MR) is 118 cm³/mol. The van der Waals surface area contributed by atoms with Crippen molar-refractivity contribution in [1.29, 1.82) is 0 Å². The molecule has 1 fully saturated rings. The van der Waals surface area contributed by atoms with Crippen LogP contribution >= 0.6 is 0 Å². The molecule has 1 saturated heterocycles. The number of halogens is 1. The van der Waals surface area contributed by atoms with E-state index >= 15 is 0 Å². The first-order chi connectivity index (χ1) is 14.5. The number of ether oxygens (including phenoxy) is 1. The monoisotopic (exact) mass is 410 g/mol. The summed E-state index contributed by atoms with van der Waals surface area (Å²) < 4.78 is 20.6. The van der Waals surface area contributed by atoms with Crippen molar-refractivity contribution in [2.24, 2.45) is 0 Å². The molecule has 0 radical (unpaired) electrons. The maximum atomic E-state index is 14.7. The molecule has 160 valence electrons. The first kappa shape index (κ1) is 22.4. The Kier molecular flexibility index (Phi) is 7.59. The van der Waals surface area contributed by atoms with Gasteiger partial charge in [0.15, 0.2) is 0 Å². The van der Waals surface area contributed by atoms with E-state index in [1.807, 2.05) is 45.0 Å². The van der Waals surface area contributed by atoms with Crippen LogP contribution in [0, 0.1) is 5.82 Å². The molecule has 1 aromatic carbocycles. The first-order valence-electron chi connectivity index (χ1n) is 10.8. The fourth-order valence-electron chi connectivity index (χ4n) is 4.09. The van der Waals surface area contributed by atoms with Crippen LogP contribution in [0.25, 0.3) is 11.1 Å². The van der Waals surface area contributed by atoms with Crippen molar-refractivity contribution in [1.82, 2.24) is 0 Å². The molecular formula is C26H31FO3. The van der Waals surface area contributed by atoms with Crippen molar-refractivity contribution in [3.63, 3.8) is 0 Å². The minimum Gasteiger partial charge on any atom is -0.394 e. The smallest absolute Gasteiger partial charge is 0.127 e. The molecule has 1 aromatic rings. The number of hydrogen-bond donors (Lipinski definition) is 2. The van der Waals surface area contributed by atoms with Crippen molar-refractivity contribution < 1.29 is 19.3 Å². The van der Waals surface area contributed by atoms with E-state index in [2.05, 4.69) is 24.3 Å². The topological polar surface area (TPSA) is 49.7 Å². The lowest BCUT2D eigenvalue weighted by Crippen LogP contribution is -2.33. The van der Waals surface area contributed by atoms with E-state index in [-0.39, 0.29) is 30.5 Å². The third-order valence-corrected chi connectivity index (χ3v) is 5.69. The summed E-state index contributed by atoms with van der Waals surface area (Å²) in [7, 11) is 0. The molecule has 2 N–H and O–H groups in total. The molecule has 1 heterocycles. The van der Waals surface area contributed by atoms with Gasteiger partial charge in [0.2, 0.25) is 0 Å². The summed E-state index contributed by atoms with van der Waals surface area (Å²) in [6.45, 7) is 5.87.